The molecule has 8 unspecified atom stereocenters. The number of rotatable bonds is 57. The van der Waals surface area contributed by atoms with Gasteiger partial charge in [0.2, 0.25) is 5.91 Å². The van der Waals surface area contributed by atoms with Gasteiger partial charge in [-0.3, -0.25) is 9.59 Å². The van der Waals surface area contributed by atoms with Gasteiger partial charge in [0, 0.05) is 6.42 Å². The van der Waals surface area contributed by atoms with Gasteiger partial charge in [0.1, 0.15) is 24.4 Å². The summed E-state index contributed by atoms with van der Waals surface area (Å²) in [5, 5.41) is 57.1. The molecule has 6 N–H and O–H groups in total. The molecular formula is C68H125NO10. The maximum absolute atomic E-state index is 13.4. The fourth-order valence-corrected chi connectivity index (χ4v) is 10.4. The van der Waals surface area contributed by atoms with E-state index < -0.39 is 67.4 Å². The van der Waals surface area contributed by atoms with Crippen molar-refractivity contribution < 1.29 is 49.3 Å². The first-order valence-electron chi connectivity index (χ1n) is 33.4. The van der Waals surface area contributed by atoms with E-state index in [1.807, 2.05) is 6.08 Å². The predicted molar refractivity (Wildman–Crippen MR) is 329 cm³/mol. The number of amides is 1. The Morgan fingerprint density at radius 3 is 1.34 bits per heavy atom. The average molecular weight is 1120 g/mol. The maximum Gasteiger partial charge on any atom is 0.306 e. The first kappa shape index (κ1) is 74.6. The van der Waals surface area contributed by atoms with E-state index in [1.165, 1.54) is 186 Å². The molecule has 0 spiro atoms. The number of hydrogen-bond acceptors (Lipinski definition) is 10. The number of ether oxygens (including phenoxy) is 3. The summed E-state index contributed by atoms with van der Waals surface area (Å²) < 4.78 is 17.6. The van der Waals surface area contributed by atoms with Crippen LogP contribution in [0.15, 0.2) is 48.6 Å². The highest BCUT2D eigenvalue weighted by Gasteiger charge is 2.47. The summed E-state index contributed by atoms with van der Waals surface area (Å²) >= 11 is 0. The molecule has 0 bridgehead atoms. The van der Waals surface area contributed by atoms with Crippen LogP contribution in [0.25, 0.3) is 0 Å². The lowest BCUT2D eigenvalue weighted by Crippen LogP contribution is -2.61. The average Bonchev–Trinajstić information content (AvgIpc) is 3.44. The normalized spacial score (nSPS) is 19.1. The first-order valence-corrected chi connectivity index (χ1v) is 33.4. The number of carbonyl (C=O) groups is 2. The zero-order valence-electron chi connectivity index (χ0n) is 51.2. The molecule has 0 aromatic carbocycles. The summed E-state index contributed by atoms with van der Waals surface area (Å²) in [6.07, 6.45) is 58.7. The van der Waals surface area contributed by atoms with Crippen molar-refractivity contribution in [2.75, 3.05) is 13.2 Å². The van der Waals surface area contributed by atoms with E-state index in [2.05, 4.69) is 62.5 Å². The van der Waals surface area contributed by atoms with Gasteiger partial charge in [0.25, 0.3) is 0 Å². The Morgan fingerprint density at radius 2 is 0.873 bits per heavy atom. The minimum atomic E-state index is -1.61. The fraction of sp³-hybridized carbons (Fsp3) is 0.853. The molecule has 1 saturated heterocycles. The zero-order chi connectivity index (χ0) is 57.5. The smallest absolute Gasteiger partial charge is 0.306 e. The topological polar surface area (TPSA) is 175 Å². The number of allylic oxidation sites excluding steroid dienone is 7. The molecule has 462 valence electrons. The molecule has 1 aliphatic heterocycles. The summed E-state index contributed by atoms with van der Waals surface area (Å²) in [5.41, 5.74) is 0. The Hall–Kier alpha value is -2.38. The molecule has 0 aliphatic carbocycles. The van der Waals surface area contributed by atoms with Gasteiger partial charge in [0.15, 0.2) is 12.4 Å². The number of unbranched alkanes of at least 4 members (excludes halogenated alkanes) is 37. The van der Waals surface area contributed by atoms with Crippen LogP contribution in [-0.2, 0) is 23.8 Å². The van der Waals surface area contributed by atoms with Gasteiger partial charge in [0.05, 0.1) is 25.4 Å². The lowest BCUT2D eigenvalue weighted by molar-refractivity contribution is -0.305. The third-order valence-corrected chi connectivity index (χ3v) is 15.7. The molecule has 79 heavy (non-hydrogen) atoms. The standard InChI is InChI=1S/C68H125NO10/c1-4-7-10-13-16-19-22-24-26-27-28-29-30-31-32-33-34-36-37-40-43-46-49-52-55-61(72)67(76)69-59(60(71)54-51-48-45-42-39-21-18-15-12-9-6-3)58-77-68-66(65(75)64(74)62(57-70)78-68)79-63(73)56-53-50-47-44-41-38-35-25-23-20-17-14-11-8-5-2/h16,19-20,23-24,26,51,54,59-62,64-66,68,70-72,74-75H,4-15,17-18,21-22,25,27-50,52-53,55-58H2,1-3H3,(H,69,76)/b19-16-,23-20-,26-24-,54-51+. The van der Waals surface area contributed by atoms with Crippen LogP contribution in [0.1, 0.15) is 310 Å². The number of aliphatic hydroxyl groups excluding tert-OH is 5. The Bertz CT molecular complexity index is 1470. The number of aliphatic hydroxyl groups is 5. The van der Waals surface area contributed by atoms with Crippen molar-refractivity contribution in [1.29, 1.82) is 0 Å². The van der Waals surface area contributed by atoms with Crippen molar-refractivity contribution in [3.63, 3.8) is 0 Å². The van der Waals surface area contributed by atoms with Crippen LogP contribution >= 0.6 is 0 Å². The zero-order valence-corrected chi connectivity index (χ0v) is 51.2. The molecule has 11 heteroatoms. The Labute approximate surface area is 485 Å². The highest BCUT2D eigenvalue weighted by atomic mass is 16.7. The number of esters is 1. The van der Waals surface area contributed by atoms with Crippen LogP contribution in [-0.4, -0.2) is 99.6 Å². The van der Waals surface area contributed by atoms with Crippen molar-refractivity contribution in [3.05, 3.63) is 48.6 Å². The van der Waals surface area contributed by atoms with Crippen LogP contribution < -0.4 is 5.32 Å². The van der Waals surface area contributed by atoms with Gasteiger partial charge in [-0.15, -0.1) is 0 Å². The molecule has 1 rings (SSSR count). The van der Waals surface area contributed by atoms with Gasteiger partial charge >= 0.3 is 5.97 Å². The second-order valence-corrected chi connectivity index (χ2v) is 23.2. The maximum atomic E-state index is 13.4. The largest absolute Gasteiger partial charge is 0.454 e. The molecule has 0 radical (unpaired) electrons. The van der Waals surface area contributed by atoms with Crippen LogP contribution in [0, 0.1) is 0 Å². The first-order chi connectivity index (χ1) is 38.7. The van der Waals surface area contributed by atoms with Crippen molar-refractivity contribution in [3.8, 4) is 0 Å². The molecule has 11 nitrogen and oxygen atoms in total. The molecule has 1 heterocycles. The molecule has 8 atom stereocenters. The Morgan fingerprint density at radius 1 is 0.494 bits per heavy atom. The third kappa shape index (κ3) is 43.9. The van der Waals surface area contributed by atoms with Crippen LogP contribution in [0.5, 0.6) is 0 Å². The molecule has 1 aliphatic rings. The van der Waals surface area contributed by atoms with Crippen molar-refractivity contribution in [2.45, 2.75) is 359 Å². The summed E-state index contributed by atoms with van der Waals surface area (Å²) in [6.45, 7) is 5.77. The van der Waals surface area contributed by atoms with Crippen LogP contribution in [0.3, 0.4) is 0 Å². The highest BCUT2D eigenvalue weighted by Crippen LogP contribution is 2.26. The molecule has 1 amide bonds. The number of carbonyl (C=O) groups excluding carboxylic acids is 2. The van der Waals surface area contributed by atoms with Crippen LogP contribution in [0.2, 0.25) is 0 Å². The van der Waals surface area contributed by atoms with Gasteiger partial charge in [-0.25, -0.2) is 0 Å². The molecular weight excluding hydrogens is 991 g/mol. The second-order valence-electron chi connectivity index (χ2n) is 23.2. The minimum Gasteiger partial charge on any atom is -0.454 e. The van der Waals surface area contributed by atoms with Gasteiger partial charge in [-0.1, -0.05) is 268 Å². The third-order valence-electron chi connectivity index (χ3n) is 15.7. The van der Waals surface area contributed by atoms with Crippen LogP contribution in [0.4, 0.5) is 0 Å². The summed E-state index contributed by atoms with van der Waals surface area (Å²) in [6, 6.07) is -1.02. The second kappa shape index (κ2) is 56.1. The van der Waals surface area contributed by atoms with E-state index in [0.29, 0.717) is 19.3 Å². The predicted octanol–water partition coefficient (Wildman–Crippen LogP) is 16.4. The van der Waals surface area contributed by atoms with E-state index in [-0.39, 0.29) is 13.0 Å². The van der Waals surface area contributed by atoms with Crippen molar-refractivity contribution in [2.24, 2.45) is 0 Å². The SMILES string of the molecule is CCCCC/C=C\C/C=C\CCCCCCCCCCCCCCCCC(O)C(=O)NC(COC1OC(CO)C(O)C(O)C1OC(=O)CCCCCCCCC/C=C\CCCCCC)C(O)/C=C/CCCCCCCCCCC. The number of nitrogens with one attached hydrogen (secondary N) is 1. The summed E-state index contributed by atoms with van der Waals surface area (Å²) in [5.74, 6) is -1.19. The van der Waals surface area contributed by atoms with E-state index >= 15 is 0 Å². The molecule has 0 saturated carbocycles. The van der Waals surface area contributed by atoms with Gasteiger partial charge < -0.3 is 45.1 Å². The Kier molecular flexibility index (Phi) is 53.0. The molecule has 0 aromatic heterocycles. The Balaban J connectivity index is 2.58. The highest BCUT2D eigenvalue weighted by molar-refractivity contribution is 5.80. The van der Waals surface area contributed by atoms with E-state index in [1.54, 1.807) is 6.08 Å². The van der Waals surface area contributed by atoms with E-state index in [9.17, 15) is 35.1 Å². The summed E-state index contributed by atoms with van der Waals surface area (Å²) in [7, 11) is 0. The lowest BCUT2D eigenvalue weighted by atomic mass is 9.99. The van der Waals surface area contributed by atoms with Crippen molar-refractivity contribution >= 4 is 11.9 Å². The monoisotopic (exact) mass is 1120 g/mol. The van der Waals surface area contributed by atoms with Crippen molar-refractivity contribution in [1.82, 2.24) is 5.32 Å². The van der Waals surface area contributed by atoms with E-state index in [4.69, 9.17) is 14.2 Å². The van der Waals surface area contributed by atoms with Gasteiger partial charge in [-0.2, -0.15) is 0 Å². The molecule has 0 aromatic rings. The van der Waals surface area contributed by atoms with E-state index in [0.717, 1.165) is 77.0 Å². The lowest BCUT2D eigenvalue weighted by Gasteiger charge is -2.41. The quantitative estimate of drug-likeness (QED) is 0.0195. The summed E-state index contributed by atoms with van der Waals surface area (Å²) in [4.78, 5) is 26.6. The minimum absolute atomic E-state index is 0.120. The van der Waals surface area contributed by atoms with Gasteiger partial charge in [-0.05, 0) is 83.5 Å². The molecule has 1 fully saturated rings. The fourth-order valence-electron chi connectivity index (χ4n) is 10.4. The number of hydrogen-bond donors (Lipinski definition) is 6.